The molecule has 1 saturated heterocycles. The number of likely N-dealkylation sites (tertiary alicyclic amines) is 1. The number of nitrogens with zero attached hydrogens (tertiary/aromatic N) is 1. The monoisotopic (exact) mass is 143 g/mol. The van der Waals surface area contributed by atoms with Crippen molar-refractivity contribution in [3.8, 4) is 0 Å². The highest BCUT2D eigenvalue weighted by molar-refractivity contribution is 4.71. The van der Waals surface area contributed by atoms with E-state index in [1.165, 1.54) is 19.5 Å². The molecule has 1 aliphatic heterocycles. The lowest BCUT2D eigenvalue weighted by molar-refractivity contribution is 0.159. The summed E-state index contributed by atoms with van der Waals surface area (Å²) >= 11 is 0. The summed E-state index contributed by atoms with van der Waals surface area (Å²) in [5.74, 6) is 0.900. The molecule has 0 aromatic rings. The summed E-state index contributed by atoms with van der Waals surface area (Å²) in [4.78, 5) is 2.47. The molecule has 1 atom stereocenters. The maximum absolute atomic E-state index is 5.00. The van der Waals surface area contributed by atoms with Gasteiger partial charge in [-0.3, -0.25) is 0 Å². The number of hydrogen-bond donors (Lipinski definition) is 0. The Labute approximate surface area is 63.2 Å². The molecule has 10 heavy (non-hydrogen) atoms. The smallest absolute Gasteiger partial charge is 0.0589 e. The largest absolute Gasteiger partial charge is 0.383 e. The zero-order chi connectivity index (χ0) is 7.40. The lowest BCUT2D eigenvalue weighted by Crippen LogP contribution is -2.24. The predicted octanol–water partition coefficient (Wildman–Crippen LogP) is 0.975. The molecule has 0 N–H and O–H groups in total. The Morgan fingerprint density at radius 1 is 1.60 bits per heavy atom. The molecule has 1 rings (SSSR count). The van der Waals surface area contributed by atoms with E-state index in [1.807, 2.05) is 0 Å². The summed E-state index contributed by atoms with van der Waals surface area (Å²) in [6, 6.07) is 0. The van der Waals surface area contributed by atoms with Crippen molar-refractivity contribution in [1.82, 2.24) is 4.90 Å². The Morgan fingerprint density at radius 2 is 2.40 bits per heavy atom. The van der Waals surface area contributed by atoms with Crippen LogP contribution in [0.4, 0.5) is 0 Å². The maximum Gasteiger partial charge on any atom is 0.0589 e. The van der Waals surface area contributed by atoms with Crippen molar-refractivity contribution in [2.45, 2.75) is 13.3 Å². The minimum atomic E-state index is 0.882. The van der Waals surface area contributed by atoms with E-state index in [0.717, 1.165) is 19.1 Å². The average molecular weight is 143 g/mol. The van der Waals surface area contributed by atoms with Gasteiger partial charge >= 0.3 is 0 Å². The summed E-state index contributed by atoms with van der Waals surface area (Å²) in [6.07, 6.45) is 1.36. The highest BCUT2D eigenvalue weighted by atomic mass is 16.5. The Bertz CT molecular complexity index is 95.3. The van der Waals surface area contributed by atoms with Gasteiger partial charge in [0.25, 0.3) is 0 Å². The van der Waals surface area contributed by atoms with Gasteiger partial charge in [0.05, 0.1) is 6.61 Å². The summed E-state index contributed by atoms with van der Waals surface area (Å²) in [6.45, 7) is 6.84. The summed E-state index contributed by atoms with van der Waals surface area (Å²) < 4.78 is 5.00. The maximum atomic E-state index is 5.00. The second kappa shape index (κ2) is 3.94. The number of ether oxygens (including phenoxy) is 1. The first-order chi connectivity index (χ1) is 4.83. The second-order valence-corrected chi connectivity index (χ2v) is 3.19. The molecule has 0 spiro atoms. The van der Waals surface area contributed by atoms with Crippen LogP contribution in [-0.4, -0.2) is 38.3 Å². The Balaban J connectivity index is 2.06. The highest BCUT2D eigenvalue weighted by Crippen LogP contribution is 2.13. The number of rotatable bonds is 3. The zero-order valence-electron chi connectivity index (χ0n) is 6.97. The summed E-state index contributed by atoms with van der Waals surface area (Å²) in [5, 5.41) is 0. The van der Waals surface area contributed by atoms with E-state index >= 15 is 0 Å². The average Bonchev–Trinajstić information content (AvgIpc) is 2.31. The molecule has 1 heterocycles. The third-order valence-corrected chi connectivity index (χ3v) is 2.12. The minimum absolute atomic E-state index is 0.882. The Morgan fingerprint density at radius 3 is 2.90 bits per heavy atom. The first kappa shape index (κ1) is 8.02. The molecule has 0 saturated carbocycles. The van der Waals surface area contributed by atoms with Gasteiger partial charge in [-0.2, -0.15) is 0 Å². The van der Waals surface area contributed by atoms with Gasteiger partial charge in [-0.05, 0) is 18.9 Å². The van der Waals surface area contributed by atoms with E-state index in [2.05, 4.69) is 11.8 Å². The molecule has 0 bridgehead atoms. The molecule has 1 aliphatic rings. The molecule has 60 valence electrons. The van der Waals surface area contributed by atoms with Crippen LogP contribution in [0.2, 0.25) is 0 Å². The van der Waals surface area contributed by atoms with Crippen LogP contribution >= 0.6 is 0 Å². The predicted molar refractivity (Wildman–Crippen MR) is 42.1 cm³/mol. The molecular weight excluding hydrogens is 126 g/mol. The number of methoxy groups -OCH3 is 1. The van der Waals surface area contributed by atoms with Crippen LogP contribution in [0.3, 0.4) is 0 Å². The molecule has 0 unspecified atom stereocenters. The SMILES string of the molecule is COCCN1CC[C@H](C)C1. The Kier molecular flexibility index (Phi) is 3.16. The summed E-state index contributed by atoms with van der Waals surface area (Å²) in [7, 11) is 1.76. The fourth-order valence-corrected chi connectivity index (χ4v) is 1.45. The highest BCUT2D eigenvalue weighted by Gasteiger charge is 2.17. The van der Waals surface area contributed by atoms with Gasteiger partial charge in [-0.1, -0.05) is 6.92 Å². The third-order valence-electron chi connectivity index (χ3n) is 2.12. The van der Waals surface area contributed by atoms with E-state index in [-0.39, 0.29) is 0 Å². The van der Waals surface area contributed by atoms with E-state index in [0.29, 0.717) is 0 Å². The van der Waals surface area contributed by atoms with Crippen molar-refractivity contribution >= 4 is 0 Å². The molecule has 2 nitrogen and oxygen atoms in total. The molecule has 0 amide bonds. The van der Waals surface area contributed by atoms with Gasteiger partial charge in [0, 0.05) is 20.2 Å². The number of hydrogen-bond acceptors (Lipinski definition) is 2. The minimum Gasteiger partial charge on any atom is -0.383 e. The van der Waals surface area contributed by atoms with Gasteiger partial charge in [-0.15, -0.1) is 0 Å². The van der Waals surface area contributed by atoms with E-state index in [9.17, 15) is 0 Å². The van der Waals surface area contributed by atoms with Crippen LogP contribution in [-0.2, 0) is 4.74 Å². The molecule has 0 aromatic carbocycles. The van der Waals surface area contributed by atoms with Crippen molar-refractivity contribution in [3.63, 3.8) is 0 Å². The van der Waals surface area contributed by atoms with Crippen LogP contribution in [0, 0.1) is 5.92 Å². The lowest BCUT2D eigenvalue weighted by atomic mass is 10.2. The quantitative estimate of drug-likeness (QED) is 0.584. The molecule has 1 fully saturated rings. The van der Waals surface area contributed by atoms with Gasteiger partial charge in [0.1, 0.15) is 0 Å². The van der Waals surface area contributed by atoms with Crippen LogP contribution in [0.5, 0.6) is 0 Å². The Hall–Kier alpha value is -0.0800. The molecule has 0 aromatic heterocycles. The second-order valence-electron chi connectivity index (χ2n) is 3.19. The fourth-order valence-electron chi connectivity index (χ4n) is 1.45. The molecule has 0 aliphatic carbocycles. The molecule has 2 heteroatoms. The molecule has 0 radical (unpaired) electrons. The van der Waals surface area contributed by atoms with Crippen molar-refractivity contribution < 1.29 is 4.74 Å². The van der Waals surface area contributed by atoms with Crippen LogP contribution in [0.15, 0.2) is 0 Å². The van der Waals surface area contributed by atoms with Crippen molar-refractivity contribution in [3.05, 3.63) is 0 Å². The zero-order valence-corrected chi connectivity index (χ0v) is 6.97. The van der Waals surface area contributed by atoms with Crippen molar-refractivity contribution in [1.29, 1.82) is 0 Å². The van der Waals surface area contributed by atoms with Crippen molar-refractivity contribution in [2.24, 2.45) is 5.92 Å². The van der Waals surface area contributed by atoms with Crippen LogP contribution in [0.1, 0.15) is 13.3 Å². The topological polar surface area (TPSA) is 12.5 Å². The van der Waals surface area contributed by atoms with Crippen LogP contribution in [0.25, 0.3) is 0 Å². The van der Waals surface area contributed by atoms with E-state index in [4.69, 9.17) is 4.74 Å². The van der Waals surface area contributed by atoms with Gasteiger partial charge < -0.3 is 9.64 Å². The van der Waals surface area contributed by atoms with Gasteiger partial charge in [0.15, 0.2) is 0 Å². The lowest BCUT2D eigenvalue weighted by Gasteiger charge is -2.13. The fraction of sp³-hybridized carbons (Fsp3) is 1.00. The third kappa shape index (κ3) is 2.27. The van der Waals surface area contributed by atoms with Crippen LogP contribution < -0.4 is 0 Å². The van der Waals surface area contributed by atoms with Gasteiger partial charge in [-0.25, -0.2) is 0 Å². The molecular formula is C8H17NO. The first-order valence-electron chi connectivity index (χ1n) is 4.04. The van der Waals surface area contributed by atoms with Crippen molar-refractivity contribution in [2.75, 3.05) is 33.4 Å². The standard InChI is InChI=1S/C8H17NO/c1-8-3-4-9(7-8)5-6-10-2/h8H,3-7H2,1-2H3/t8-/m0/s1. The van der Waals surface area contributed by atoms with E-state index < -0.39 is 0 Å². The van der Waals surface area contributed by atoms with Gasteiger partial charge in [0.2, 0.25) is 0 Å². The summed E-state index contributed by atoms with van der Waals surface area (Å²) in [5.41, 5.74) is 0. The van der Waals surface area contributed by atoms with E-state index in [1.54, 1.807) is 7.11 Å². The first-order valence-corrected chi connectivity index (χ1v) is 4.04. The normalized spacial score (nSPS) is 27.6.